The quantitative estimate of drug-likeness (QED) is 0.779. The number of carbonyl (C=O) groups excluding carboxylic acids is 1. The van der Waals surface area contributed by atoms with Crippen molar-refractivity contribution in [3.05, 3.63) is 28.8 Å². The maximum atomic E-state index is 13.1. The van der Waals surface area contributed by atoms with Crippen LogP contribution in [0.15, 0.2) is 23.1 Å². The second-order valence-corrected chi connectivity index (χ2v) is 10.3. The summed E-state index contributed by atoms with van der Waals surface area (Å²) in [6.45, 7) is 4.84. The first-order valence-electron chi connectivity index (χ1n) is 10.0. The molecule has 1 heterocycles. The lowest BCUT2D eigenvalue weighted by molar-refractivity contribution is -0.0440. The number of benzene rings is 1. The molecule has 1 amide bonds. The van der Waals surface area contributed by atoms with Gasteiger partial charge in [-0.1, -0.05) is 30.9 Å². The van der Waals surface area contributed by atoms with Gasteiger partial charge in [-0.25, -0.2) is 8.42 Å². The molecule has 2 fully saturated rings. The predicted molar refractivity (Wildman–Crippen MR) is 109 cm³/mol. The van der Waals surface area contributed by atoms with Gasteiger partial charge in [0.1, 0.15) is 4.90 Å². The summed E-state index contributed by atoms with van der Waals surface area (Å²) in [5, 5.41) is 3.07. The monoisotopic (exact) mass is 428 g/mol. The van der Waals surface area contributed by atoms with E-state index in [1.165, 1.54) is 35.7 Å². The summed E-state index contributed by atoms with van der Waals surface area (Å²) in [5.41, 5.74) is 0.313. The number of hydrogen-bond acceptors (Lipinski definition) is 4. The second-order valence-electron chi connectivity index (χ2n) is 7.94. The van der Waals surface area contributed by atoms with E-state index >= 15 is 0 Å². The molecule has 0 bridgehead atoms. The van der Waals surface area contributed by atoms with E-state index < -0.39 is 10.0 Å². The molecule has 2 unspecified atom stereocenters. The summed E-state index contributed by atoms with van der Waals surface area (Å²) >= 11 is 6.21. The lowest BCUT2D eigenvalue weighted by Gasteiger charge is -2.34. The zero-order valence-corrected chi connectivity index (χ0v) is 18.1. The van der Waals surface area contributed by atoms with Crippen LogP contribution in [0.5, 0.6) is 0 Å². The number of morpholine rings is 1. The lowest BCUT2D eigenvalue weighted by atomic mass is 9.89. The van der Waals surface area contributed by atoms with Crippen LogP contribution in [0.3, 0.4) is 0 Å². The molecule has 2 atom stereocenters. The van der Waals surface area contributed by atoms with Crippen LogP contribution in [-0.2, 0) is 14.8 Å². The van der Waals surface area contributed by atoms with Gasteiger partial charge in [-0.15, -0.1) is 0 Å². The van der Waals surface area contributed by atoms with Gasteiger partial charge in [0.15, 0.2) is 0 Å². The first-order chi connectivity index (χ1) is 13.3. The Morgan fingerprint density at radius 3 is 2.46 bits per heavy atom. The van der Waals surface area contributed by atoms with E-state index in [-0.39, 0.29) is 41.1 Å². The van der Waals surface area contributed by atoms with Crippen molar-refractivity contribution >= 4 is 27.5 Å². The lowest BCUT2D eigenvalue weighted by Crippen LogP contribution is -2.48. The Balaban J connectivity index is 1.75. The minimum atomic E-state index is -3.81. The minimum absolute atomic E-state index is 0.0271. The second kappa shape index (κ2) is 9.11. The predicted octanol–water partition coefficient (Wildman–Crippen LogP) is 3.45. The van der Waals surface area contributed by atoms with E-state index in [1.807, 2.05) is 13.8 Å². The number of ether oxygens (including phenoxy) is 1. The van der Waals surface area contributed by atoms with Crippen LogP contribution in [0.25, 0.3) is 0 Å². The number of sulfonamides is 1. The molecule has 1 aromatic carbocycles. The highest BCUT2D eigenvalue weighted by Gasteiger charge is 2.34. The third-order valence-corrected chi connectivity index (χ3v) is 7.79. The molecule has 2 aliphatic rings. The average molecular weight is 429 g/mol. The number of hydrogen-bond donors (Lipinski definition) is 1. The van der Waals surface area contributed by atoms with Crippen LogP contribution < -0.4 is 5.32 Å². The first kappa shape index (κ1) is 21.6. The first-order valence-corrected chi connectivity index (χ1v) is 11.8. The normalized spacial score (nSPS) is 24.8. The Kier molecular flexibility index (Phi) is 7.02. The van der Waals surface area contributed by atoms with Crippen LogP contribution in [0.1, 0.15) is 56.3 Å². The molecule has 1 saturated heterocycles. The highest BCUT2D eigenvalue weighted by molar-refractivity contribution is 7.89. The van der Waals surface area contributed by atoms with Gasteiger partial charge in [0.25, 0.3) is 5.91 Å². The van der Waals surface area contributed by atoms with Crippen LogP contribution in [-0.4, -0.2) is 50.5 Å². The van der Waals surface area contributed by atoms with Gasteiger partial charge in [-0.2, -0.15) is 4.31 Å². The summed E-state index contributed by atoms with van der Waals surface area (Å²) < 4.78 is 33.3. The Morgan fingerprint density at radius 1 is 1.18 bits per heavy atom. The fourth-order valence-corrected chi connectivity index (χ4v) is 6.13. The van der Waals surface area contributed by atoms with E-state index in [4.69, 9.17) is 16.3 Å². The molecule has 28 heavy (non-hydrogen) atoms. The SMILES string of the molecule is CC1CN(S(=O)(=O)c2cc(C(=O)NCC3CCCCC3)ccc2Cl)CC(C)O1. The van der Waals surface area contributed by atoms with Crippen molar-refractivity contribution in [1.82, 2.24) is 9.62 Å². The van der Waals surface area contributed by atoms with Crippen molar-refractivity contribution in [3.63, 3.8) is 0 Å². The summed E-state index contributed by atoms with van der Waals surface area (Å²) in [7, 11) is -3.81. The van der Waals surface area contributed by atoms with Gasteiger partial charge >= 0.3 is 0 Å². The topological polar surface area (TPSA) is 75.7 Å². The molecule has 0 radical (unpaired) electrons. The summed E-state index contributed by atoms with van der Waals surface area (Å²) in [4.78, 5) is 12.5. The number of nitrogens with zero attached hydrogens (tertiary/aromatic N) is 1. The number of carbonyl (C=O) groups is 1. The van der Waals surface area contributed by atoms with Gasteiger partial charge < -0.3 is 10.1 Å². The van der Waals surface area contributed by atoms with Crippen LogP contribution >= 0.6 is 11.6 Å². The summed E-state index contributed by atoms with van der Waals surface area (Å²) in [6.07, 6.45) is 5.56. The third-order valence-electron chi connectivity index (χ3n) is 5.47. The summed E-state index contributed by atoms with van der Waals surface area (Å²) in [5.74, 6) is 0.243. The van der Waals surface area contributed by atoms with Crippen molar-refractivity contribution < 1.29 is 17.9 Å². The van der Waals surface area contributed by atoms with Crippen molar-refractivity contribution in [2.45, 2.75) is 63.1 Å². The number of rotatable bonds is 5. The molecular formula is C20H29ClN2O4S. The molecule has 0 spiro atoms. The maximum Gasteiger partial charge on any atom is 0.251 e. The van der Waals surface area contributed by atoms with Crippen LogP contribution in [0, 0.1) is 5.92 Å². The molecule has 8 heteroatoms. The molecule has 1 saturated carbocycles. The highest BCUT2D eigenvalue weighted by atomic mass is 35.5. The molecule has 1 N–H and O–H groups in total. The molecule has 1 aromatic rings. The van der Waals surface area contributed by atoms with Crippen molar-refractivity contribution in [3.8, 4) is 0 Å². The molecular weight excluding hydrogens is 400 g/mol. The van der Waals surface area contributed by atoms with Crippen molar-refractivity contribution in [1.29, 1.82) is 0 Å². The van der Waals surface area contributed by atoms with Gasteiger partial charge in [-0.05, 0) is 50.8 Å². The number of amides is 1. The van der Waals surface area contributed by atoms with Gasteiger partial charge in [-0.3, -0.25) is 4.79 Å². The van der Waals surface area contributed by atoms with Gasteiger partial charge in [0.2, 0.25) is 10.0 Å². The highest BCUT2D eigenvalue weighted by Crippen LogP contribution is 2.28. The summed E-state index contributed by atoms with van der Waals surface area (Å²) in [6, 6.07) is 4.44. The Morgan fingerprint density at radius 2 is 1.82 bits per heavy atom. The smallest absolute Gasteiger partial charge is 0.251 e. The van der Waals surface area contributed by atoms with Crippen molar-refractivity contribution in [2.24, 2.45) is 5.92 Å². The average Bonchev–Trinajstić information content (AvgIpc) is 2.66. The van der Waals surface area contributed by atoms with Gasteiger partial charge in [0, 0.05) is 25.2 Å². The van der Waals surface area contributed by atoms with E-state index in [0.717, 1.165) is 12.8 Å². The Labute approximate surface area is 172 Å². The maximum absolute atomic E-state index is 13.1. The molecule has 3 rings (SSSR count). The van der Waals surface area contributed by atoms with Crippen LogP contribution in [0.2, 0.25) is 5.02 Å². The minimum Gasteiger partial charge on any atom is -0.373 e. The Hall–Kier alpha value is -1.15. The van der Waals surface area contributed by atoms with E-state index in [9.17, 15) is 13.2 Å². The number of halogens is 1. The molecule has 1 aliphatic carbocycles. The largest absolute Gasteiger partial charge is 0.373 e. The van der Waals surface area contributed by atoms with Crippen molar-refractivity contribution in [2.75, 3.05) is 19.6 Å². The fraction of sp³-hybridized carbons (Fsp3) is 0.650. The molecule has 6 nitrogen and oxygen atoms in total. The molecule has 156 valence electrons. The fourth-order valence-electron chi connectivity index (χ4n) is 4.04. The van der Waals surface area contributed by atoms with E-state index in [2.05, 4.69) is 5.32 Å². The zero-order chi connectivity index (χ0) is 20.3. The molecule has 1 aliphatic heterocycles. The van der Waals surface area contributed by atoms with Crippen LogP contribution in [0.4, 0.5) is 0 Å². The van der Waals surface area contributed by atoms with E-state index in [1.54, 1.807) is 6.07 Å². The van der Waals surface area contributed by atoms with E-state index in [0.29, 0.717) is 18.0 Å². The Bertz CT molecular complexity index is 798. The van der Waals surface area contributed by atoms with Gasteiger partial charge in [0.05, 0.1) is 17.2 Å². The third kappa shape index (κ3) is 5.06. The zero-order valence-electron chi connectivity index (χ0n) is 16.5. The standard InChI is InChI=1S/C20H29ClN2O4S/c1-14-12-23(13-15(2)27-14)28(25,26)19-10-17(8-9-18(19)21)20(24)22-11-16-6-4-3-5-7-16/h8-10,14-16H,3-7,11-13H2,1-2H3,(H,22,24). The number of nitrogens with one attached hydrogen (secondary N) is 1. The molecule has 0 aromatic heterocycles.